The molecular weight excluding hydrogens is 188 g/mol. The summed E-state index contributed by atoms with van der Waals surface area (Å²) >= 11 is 0. The molecule has 1 N–H and O–H groups in total. The van der Waals surface area contributed by atoms with E-state index in [0.29, 0.717) is 0 Å². The van der Waals surface area contributed by atoms with Crippen LogP contribution in [0.2, 0.25) is 0 Å². The fraction of sp³-hybridized carbons (Fsp3) is 1.00. The third-order valence-electron chi connectivity index (χ3n) is 2.24. The van der Waals surface area contributed by atoms with E-state index in [1.54, 1.807) is 0 Å². The summed E-state index contributed by atoms with van der Waals surface area (Å²) in [4.78, 5) is 0. The Labute approximate surface area is 81.3 Å². The molecule has 3 nitrogen and oxygen atoms in total. The Bertz CT molecular complexity index is 209. The molecule has 0 saturated heterocycles. The lowest BCUT2D eigenvalue weighted by molar-refractivity contribution is 0.437. The lowest BCUT2D eigenvalue weighted by atomic mass is 10.0. The predicted molar refractivity (Wildman–Crippen MR) is 54.3 cm³/mol. The van der Waals surface area contributed by atoms with Crippen LogP contribution in [0.15, 0.2) is 0 Å². The van der Waals surface area contributed by atoms with E-state index in [-0.39, 0.29) is 11.7 Å². The largest absolute Gasteiger partial charge is 0.286 e. The summed E-state index contributed by atoms with van der Waals surface area (Å²) in [7, 11) is -3.77. The average molecular weight is 208 g/mol. The summed E-state index contributed by atoms with van der Waals surface area (Å²) in [5, 5.41) is 0. The maximum Gasteiger partial charge on any atom is 0.265 e. The number of hydrogen-bond acceptors (Lipinski definition) is 2. The molecule has 0 aliphatic carbocycles. The van der Waals surface area contributed by atoms with Gasteiger partial charge in [-0.1, -0.05) is 39.5 Å². The minimum Gasteiger partial charge on any atom is -0.286 e. The van der Waals surface area contributed by atoms with Gasteiger partial charge in [0.1, 0.15) is 0 Å². The molecule has 4 heteroatoms. The molecule has 80 valence electrons. The third-order valence-corrected chi connectivity index (χ3v) is 3.13. The number of rotatable bonds is 7. The molecule has 0 aliphatic rings. The van der Waals surface area contributed by atoms with E-state index < -0.39 is 10.1 Å². The minimum absolute atomic E-state index is 0.0762. The van der Waals surface area contributed by atoms with Crippen LogP contribution in [0.1, 0.15) is 46.0 Å². The van der Waals surface area contributed by atoms with Gasteiger partial charge in [-0.25, -0.2) is 0 Å². The van der Waals surface area contributed by atoms with Crippen molar-refractivity contribution in [2.45, 2.75) is 46.0 Å². The molecule has 0 aliphatic heterocycles. The minimum atomic E-state index is -3.77. The second kappa shape index (κ2) is 6.38. The summed E-state index contributed by atoms with van der Waals surface area (Å²) in [6.07, 6.45) is 5.07. The van der Waals surface area contributed by atoms with E-state index in [1.165, 1.54) is 0 Å². The van der Waals surface area contributed by atoms with Crippen molar-refractivity contribution in [1.29, 1.82) is 0 Å². The van der Waals surface area contributed by atoms with E-state index in [2.05, 4.69) is 6.92 Å². The van der Waals surface area contributed by atoms with E-state index in [1.807, 2.05) is 6.92 Å². The van der Waals surface area contributed by atoms with Crippen molar-refractivity contribution < 1.29 is 13.0 Å². The van der Waals surface area contributed by atoms with Crippen molar-refractivity contribution in [1.82, 2.24) is 0 Å². The molecule has 0 aromatic carbocycles. The zero-order valence-corrected chi connectivity index (χ0v) is 9.31. The van der Waals surface area contributed by atoms with Gasteiger partial charge in [-0.3, -0.25) is 4.55 Å². The maximum atomic E-state index is 10.6. The molecule has 1 atom stereocenters. The Morgan fingerprint density at radius 3 is 2.23 bits per heavy atom. The van der Waals surface area contributed by atoms with Crippen LogP contribution in [0, 0.1) is 5.92 Å². The Balaban J connectivity index is 3.77. The van der Waals surface area contributed by atoms with Crippen molar-refractivity contribution in [2.75, 3.05) is 5.75 Å². The molecule has 13 heavy (non-hydrogen) atoms. The molecule has 0 amide bonds. The average Bonchev–Trinajstić information content (AvgIpc) is 2.01. The summed E-state index contributed by atoms with van der Waals surface area (Å²) in [6, 6.07) is 0. The Morgan fingerprint density at radius 2 is 1.85 bits per heavy atom. The molecule has 0 bridgehead atoms. The van der Waals surface area contributed by atoms with Gasteiger partial charge in [-0.15, -0.1) is 0 Å². The highest BCUT2D eigenvalue weighted by Crippen LogP contribution is 2.15. The second-order valence-electron chi connectivity index (χ2n) is 3.52. The van der Waals surface area contributed by atoms with Crippen molar-refractivity contribution in [3.63, 3.8) is 0 Å². The fourth-order valence-electron chi connectivity index (χ4n) is 1.39. The SMILES string of the molecule is CCCCCC(CC)CS(=O)(=O)O. The van der Waals surface area contributed by atoms with Gasteiger partial charge in [0, 0.05) is 0 Å². The van der Waals surface area contributed by atoms with Gasteiger partial charge in [0.05, 0.1) is 5.75 Å². The quantitative estimate of drug-likeness (QED) is 0.516. The van der Waals surface area contributed by atoms with Crippen LogP contribution < -0.4 is 0 Å². The topological polar surface area (TPSA) is 54.4 Å². The van der Waals surface area contributed by atoms with Gasteiger partial charge in [0.25, 0.3) is 10.1 Å². The van der Waals surface area contributed by atoms with Crippen LogP contribution in [0.5, 0.6) is 0 Å². The second-order valence-corrected chi connectivity index (χ2v) is 5.02. The highest BCUT2D eigenvalue weighted by Gasteiger charge is 2.14. The molecule has 0 radical (unpaired) electrons. The summed E-state index contributed by atoms with van der Waals surface area (Å²) in [6.45, 7) is 4.07. The molecule has 0 aromatic rings. The van der Waals surface area contributed by atoms with Crippen LogP contribution in [-0.2, 0) is 10.1 Å². The lowest BCUT2D eigenvalue weighted by Crippen LogP contribution is -2.14. The number of unbranched alkanes of at least 4 members (excludes halogenated alkanes) is 2. The highest BCUT2D eigenvalue weighted by molar-refractivity contribution is 7.85. The Morgan fingerprint density at radius 1 is 1.23 bits per heavy atom. The fourth-order valence-corrected chi connectivity index (χ4v) is 2.38. The van der Waals surface area contributed by atoms with Crippen LogP contribution in [0.3, 0.4) is 0 Å². The predicted octanol–water partition coefficient (Wildman–Crippen LogP) is 2.48. The standard InChI is InChI=1S/C9H20O3S/c1-3-5-6-7-9(4-2)8-13(10,11)12/h9H,3-8H2,1-2H3,(H,10,11,12). The van der Waals surface area contributed by atoms with E-state index in [0.717, 1.165) is 32.1 Å². The zero-order chi connectivity index (χ0) is 10.3. The molecule has 0 spiro atoms. The molecule has 0 heterocycles. The molecule has 1 unspecified atom stereocenters. The molecule has 0 rings (SSSR count). The van der Waals surface area contributed by atoms with E-state index >= 15 is 0 Å². The van der Waals surface area contributed by atoms with Crippen molar-refractivity contribution in [3.05, 3.63) is 0 Å². The molecular formula is C9H20O3S. The smallest absolute Gasteiger partial charge is 0.265 e. The van der Waals surface area contributed by atoms with E-state index in [9.17, 15) is 8.42 Å². The molecule has 0 fully saturated rings. The first kappa shape index (κ1) is 12.9. The van der Waals surface area contributed by atoms with Crippen molar-refractivity contribution in [2.24, 2.45) is 5.92 Å². The van der Waals surface area contributed by atoms with Gasteiger partial charge in [0.15, 0.2) is 0 Å². The normalized spacial score (nSPS) is 14.4. The summed E-state index contributed by atoms with van der Waals surface area (Å²) < 4.78 is 29.8. The van der Waals surface area contributed by atoms with Crippen LogP contribution in [-0.4, -0.2) is 18.7 Å². The first-order valence-corrected chi connectivity index (χ1v) is 6.55. The monoisotopic (exact) mass is 208 g/mol. The van der Waals surface area contributed by atoms with Gasteiger partial charge < -0.3 is 0 Å². The van der Waals surface area contributed by atoms with Gasteiger partial charge in [-0.05, 0) is 12.3 Å². The number of hydrogen-bond donors (Lipinski definition) is 1. The highest BCUT2D eigenvalue weighted by atomic mass is 32.2. The van der Waals surface area contributed by atoms with Gasteiger partial charge >= 0.3 is 0 Å². The zero-order valence-electron chi connectivity index (χ0n) is 8.49. The van der Waals surface area contributed by atoms with Crippen LogP contribution in [0.4, 0.5) is 0 Å². The van der Waals surface area contributed by atoms with Crippen LogP contribution >= 0.6 is 0 Å². The molecule has 0 saturated carbocycles. The summed E-state index contributed by atoms with van der Waals surface area (Å²) in [5.41, 5.74) is 0. The third kappa shape index (κ3) is 8.25. The molecule has 0 aromatic heterocycles. The van der Waals surface area contributed by atoms with Gasteiger partial charge in [-0.2, -0.15) is 8.42 Å². The Kier molecular flexibility index (Phi) is 6.33. The van der Waals surface area contributed by atoms with Gasteiger partial charge in [0.2, 0.25) is 0 Å². The Hall–Kier alpha value is -0.0900. The van der Waals surface area contributed by atoms with Crippen molar-refractivity contribution >= 4 is 10.1 Å². The van der Waals surface area contributed by atoms with Crippen LogP contribution in [0.25, 0.3) is 0 Å². The van der Waals surface area contributed by atoms with E-state index in [4.69, 9.17) is 4.55 Å². The van der Waals surface area contributed by atoms with Crippen molar-refractivity contribution in [3.8, 4) is 0 Å². The lowest BCUT2D eigenvalue weighted by Gasteiger charge is -2.11. The maximum absolute atomic E-state index is 10.6. The first-order valence-electron chi connectivity index (χ1n) is 4.94. The summed E-state index contributed by atoms with van der Waals surface area (Å²) in [5.74, 6) is 0.0503. The first-order chi connectivity index (χ1) is 5.99.